The van der Waals surface area contributed by atoms with Crippen LogP contribution in [0.1, 0.15) is 22.3 Å². The molecule has 0 saturated heterocycles. The van der Waals surface area contributed by atoms with E-state index in [1.54, 1.807) is 18.2 Å². The van der Waals surface area contributed by atoms with Crippen LogP contribution < -0.4 is 4.74 Å². The molecule has 0 bridgehead atoms. The Labute approximate surface area is 102 Å². The predicted molar refractivity (Wildman–Crippen MR) is 66.4 cm³/mol. The Hall–Kier alpha value is -1.36. The van der Waals surface area contributed by atoms with Gasteiger partial charge in [-0.05, 0) is 18.6 Å². The van der Waals surface area contributed by atoms with Crippen molar-refractivity contribution >= 4 is 15.6 Å². The topological polar surface area (TPSA) is 60.4 Å². The molecule has 0 spiro atoms. The molecule has 0 saturated carbocycles. The lowest BCUT2D eigenvalue weighted by atomic mass is 10.1. The average Bonchev–Trinajstić information content (AvgIpc) is 2.25. The molecule has 0 radical (unpaired) electrons. The average molecular weight is 256 g/mol. The zero-order valence-corrected chi connectivity index (χ0v) is 11.0. The van der Waals surface area contributed by atoms with E-state index in [1.165, 1.54) is 7.11 Å². The first-order chi connectivity index (χ1) is 7.83. The summed E-state index contributed by atoms with van der Waals surface area (Å²) in [4.78, 5) is 11.8. The van der Waals surface area contributed by atoms with E-state index in [0.29, 0.717) is 11.3 Å². The SMILES string of the molecule is COc1cc(C(=O)CCS(C)(=O)=O)ccc1C. The van der Waals surface area contributed by atoms with Crippen LogP contribution in [0.25, 0.3) is 0 Å². The molecule has 0 fully saturated rings. The summed E-state index contributed by atoms with van der Waals surface area (Å²) in [7, 11) is -1.57. The number of carbonyl (C=O) groups is 1. The maximum Gasteiger partial charge on any atom is 0.164 e. The van der Waals surface area contributed by atoms with Crippen molar-refractivity contribution in [2.45, 2.75) is 13.3 Å². The Balaban J connectivity index is 2.83. The maximum absolute atomic E-state index is 11.8. The summed E-state index contributed by atoms with van der Waals surface area (Å²) in [5.41, 5.74) is 1.42. The first-order valence-electron chi connectivity index (χ1n) is 5.19. The van der Waals surface area contributed by atoms with E-state index >= 15 is 0 Å². The molecule has 0 aliphatic rings. The highest BCUT2D eigenvalue weighted by Crippen LogP contribution is 2.19. The summed E-state index contributed by atoms with van der Waals surface area (Å²) in [5.74, 6) is 0.325. The lowest BCUT2D eigenvalue weighted by molar-refractivity contribution is 0.0988. The van der Waals surface area contributed by atoms with E-state index in [0.717, 1.165) is 11.8 Å². The molecule has 17 heavy (non-hydrogen) atoms. The summed E-state index contributed by atoms with van der Waals surface area (Å²) >= 11 is 0. The lowest BCUT2D eigenvalue weighted by Crippen LogP contribution is -2.09. The molecule has 4 nitrogen and oxygen atoms in total. The lowest BCUT2D eigenvalue weighted by Gasteiger charge is -2.06. The summed E-state index contributed by atoms with van der Waals surface area (Å²) < 4.78 is 27.0. The van der Waals surface area contributed by atoms with Crippen molar-refractivity contribution in [3.8, 4) is 5.75 Å². The standard InChI is InChI=1S/C12H16O4S/c1-9-4-5-10(8-12(9)16-2)11(13)6-7-17(3,14)15/h4-5,8H,6-7H2,1-3H3. The highest BCUT2D eigenvalue weighted by Gasteiger charge is 2.11. The third-order valence-corrected chi connectivity index (χ3v) is 3.38. The number of rotatable bonds is 5. The van der Waals surface area contributed by atoms with Crippen LogP contribution in [0.3, 0.4) is 0 Å². The van der Waals surface area contributed by atoms with Crippen molar-refractivity contribution in [3.63, 3.8) is 0 Å². The van der Waals surface area contributed by atoms with Crippen molar-refractivity contribution in [1.29, 1.82) is 0 Å². The van der Waals surface area contributed by atoms with Crippen molar-refractivity contribution in [1.82, 2.24) is 0 Å². The molecule has 5 heteroatoms. The number of aryl methyl sites for hydroxylation is 1. The van der Waals surface area contributed by atoms with E-state index in [2.05, 4.69) is 0 Å². The highest BCUT2D eigenvalue weighted by molar-refractivity contribution is 7.90. The molecular formula is C12H16O4S. The summed E-state index contributed by atoms with van der Waals surface area (Å²) in [6.07, 6.45) is 1.13. The van der Waals surface area contributed by atoms with Gasteiger partial charge in [0.2, 0.25) is 0 Å². The Kier molecular flexibility index (Phi) is 4.28. The first-order valence-corrected chi connectivity index (χ1v) is 7.25. The zero-order chi connectivity index (χ0) is 13.1. The fraction of sp³-hybridized carbons (Fsp3) is 0.417. The summed E-state index contributed by atoms with van der Waals surface area (Å²) in [6.45, 7) is 1.88. The molecule has 0 aliphatic carbocycles. The number of hydrogen-bond donors (Lipinski definition) is 0. The molecule has 1 aromatic carbocycles. The van der Waals surface area contributed by atoms with Crippen LogP contribution >= 0.6 is 0 Å². The van der Waals surface area contributed by atoms with Gasteiger partial charge in [0.25, 0.3) is 0 Å². The molecule has 1 aromatic rings. The molecule has 94 valence electrons. The van der Waals surface area contributed by atoms with Crippen LogP contribution in [0.2, 0.25) is 0 Å². The zero-order valence-electron chi connectivity index (χ0n) is 10.2. The van der Waals surface area contributed by atoms with Gasteiger partial charge in [-0.2, -0.15) is 0 Å². The second kappa shape index (κ2) is 5.31. The number of carbonyl (C=O) groups excluding carboxylic acids is 1. The largest absolute Gasteiger partial charge is 0.496 e. The molecule has 1 rings (SSSR count). The van der Waals surface area contributed by atoms with Crippen molar-refractivity contribution in [3.05, 3.63) is 29.3 Å². The van der Waals surface area contributed by atoms with Gasteiger partial charge in [0.05, 0.1) is 12.9 Å². The monoisotopic (exact) mass is 256 g/mol. The number of sulfone groups is 1. The van der Waals surface area contributed by atoms with Gasteiger partial charge in [0.15, 0.2) is 5.78 Å². The minimum absolute atomic E-state index is 0.00501. The highest BCUT2D eigenvalue weighted by atomic mass is 32.2. The quantitative estimate of drug-likeness (QED) is 0.751. The number of hydrogen-bond acceptors (Lipinski definition) is 4. The number of methoxy groups -OCH3 is 1. The van der Waals surface area contributed by atoms with Gasteiger partial charge in [-0.1, -0.05) is 12.1 Å². The Morgan fingerprint density at radius 2 is 2.00 bits per heavy atom. The summed E-state index contributed by atoms with van der Waals surface area (Å²) in [6, 6.07) is 5.11. The molecule has 0 amide bonds. The number of Topliss-reactive ketones (excluding diaryl/α,β-unsaturated/α-hetero) is 1. The molecule has 0 unspecified atom stereocenters. The van der Waals surface area contributed by atoms with Gasteiger partial charge in [-0.3, -0.25) is 4.79 Å². The maximum atomic E-state index is 11.8. The van der Waals surface area contributed by atoms with Gasteiger partial charge in [-0.15, -0.1) is 0 Å². The smallest absolute Gasteiger partial charge is 0.164 e. The van der Waals surface area contributed by atoms with E-state index < -0.39 is 9.84 Å². The number of benzene rings is 1. The van der Waals surface area contributed by atoms with Crippen LogP contribution in [0, 0.1) is 6.92 Å². The van der Waals surface area contributed by atoms with Crippen molar-refractivity contribution in [2.24, 2.45) is 0 Å². The van der Waals surface area contributed by atoms with Crippen molar-refractivity contribution < 1.29 is 17.9 Å². The second-order valence-corrected chi connectivity index (χ2v) is 6.25. The van der Waals surface area contributed by atoms with Crippen molar-refractivity contribution in [2.75, 3.05) is 19.1 Å². The first kappa shape index (κ1) is 13.7. The fourth-order valence-corrected chi connectivity index (χ4v) is 1.97. The molecule has 0 atom stereocenters. The van der Waals surface area contributed by atoms with Gasteiger partial charge in [-0.25, -0.2) is 8.42 Å². The third kappa shape index (κ3) is 4.19. The van der Waals surface area contributed by atoms with E-state index in [4.69, 9.17) is 4.74 Å². The number of ketones is 1. The molecular weight excluding hydrogens is 240 g/mol. The van der Waals surface area contributed by atoms with Crippen LogP contribution in [0.15, 0.2) is 18.2 Å². The van der Waals surface area contributed by atoms with Gasteiger partial charge in [0.1, 0.15) is 15.6 Å². The van der Waals surface area contributed by atoms with E-state index in [9.17, 15) is 13.2 Å². The van der Waals surface area contributed by atoms with Crippen LogP contribution in [-0.2, 0) is 9.84 Å². The second-order valence-electron chi connectivity index (χ2n) is 3.99. The Morgan fingerprint density at radius 3 is 2.53 bits per heavy atom. The minimum atomic E-state index is -3.10. The van der Waals surface area contributed by atoms with Crippen LogP contribution in [0.5, 0.6) is 5.75 Å². The predicted octanol–water partition coefficient (Wildman–Crippen LogP) is 1.62. The van der Waals surface area contributed by atoms with E-state index in [1.807, 2.05) is 6.92 Å². The van der Waals surface area contributed by atoms with Crippen LogP contribution in [0.4, 0.5) is 0 Å². The Morgan fingerprint density at radius 1 is 1.35 bits per heavy atom. The number of ether oxygens (including phenoxy) is 1. The van der Waals surface area contributed by atoms with Gasteiger partial charge < -0.3 is 4.74 Å². The van der Waals surface area contributed by atoms with Gasteiger partial charge in [0, 0.05) is 18.2 Å². The molecule has 0 heterocycles. The Bertz CT molecular complexity index is 517. The summed E-state index contributed by atoms with van der Waals surface area (Å²) in [5, 5.41) is 0. The molecule has 0 aromatic heterocycles. The van der Waals surface area contributed by atoms with E-state index in [-0.39, 0.29) is 18.0 Å². The molecule has 0 N–H and O–H groups in total. The fourth-order valence-electron chi connectivity index (χ4n) is 1.42. The molecule has 0 aliphatic heterocycles. The third-order valence-electron chi connectivity index (χ3n) is 2.43. The van der Waals surface area contributed by atoms with Crippen LogP contribution in [-0.4, -0.2) is 33.3 Å². The van der Waals surface area contributed by atoms with Gasteiger partial charge >= 0.3 is 0 Å². The minimum Gasteiger partial charge on any atom is -0.496 e. The normalized spacial score (nSPS) is 11.2.